The molecule has 0 spiro atoms. The number of aryl methyl sites for hydroxylation is 2. The minimum Gasteiger partial charge on any atom is -0.457 e. The van der Waals surface area contributed by atoms with E-state index in [9.17, 15) is 18.0 Å². The summed E-state index contributed by atoms with van der Waals surface area (Å²) in [5, 5.41) is 1.91. The lowest BCUT2D eigenvalue weighted by atomic mass is 10.1. The second-order valence-corrected chi connectivity index (χ2v) is 11.1. The number of ether oxygens (including phenoxy) is 1. The molecule has 3 aromatic heterocycles. The van der Waals surface area contributed by atoms with Crippen LogP contribution in [0.4, 0.5) is 0 Å². The SMILES string of the molecule is Cc1oc(-c2cccs2)nc1CC(=O)OCC(=O)c1cc(C)n(C2CCS(=O)(=O)C2)c1C. The Morgan fingerprint density at radius 3 is 2.75 bits per heavy atom. The van der Waals surface area contributed by atoms with Gasteiger partial charge < -0.3 is 13.7 Å². The van der Waals surface area contributed by atoms with Gasteiger partial charge in [0, 0.05) is 23.0 Å². The lowest BCUT2D eigenvalue weighted by Gasteiger charge is -2.16. The van der Waals surface area contributed by atoms with Crippen LogP contribution in [0.3, 0.4) is 0 Å². The predicted molar refractivity (Wildman–Crippen MR) is 120 cm³/mol. The number of ketones is 1. The van der Waals surface area contributed by atoms with Crippen molar-refractivity contribution in [3.05, 3.63) is 52.0 Å². The number of sulfone groups is 1. The monoisotopic (exact) mass is 476 g/mol. The van der Waals surface area contributed by atoms with Crippen LogP contribution in [0.25, 0.3) is 10.8 Å². The fraction of sp³-hybridized carbons (Fsp3) is 0.409. The summed E-state index contributed by atoms with van der Waals surface area (Å²) in [7, 11) is -3.04. The number of esters is 1. The number of carbonyl (C=O) groups is 2. The molecule has 1 saturated heterocycles. The third-order valence-electron chi connectivity index (χ3n) is 5.66. The summed E-state index contributed by atoms with van der Waals surface area (Å²) in [5.74, 6) is 0.337. The third-order valence-corrected chi connectivity index (χ3v) is 8.27. The van der Waals surface area contributed by atoms with E-state index in [0.29, 0.717) is 35.0 Å². The van der Waals surface area contributed by atoms with Gasteiger partial charge in [0.1, 0.15) is 5.76 Å². The first-order chi connectivity index (χ1) is 15.1. The van der Waals surface area contributed by atoms with Crippen LogP contribution in [0.1, 0.15) is 45.7 Å². The number of rotatable bonds is 7. The fourth-order valence-corrected chi connectivity index (χ4v) is 6.46. The van der Waals surface area contributed by atoms with Crippen molar-refractivity contribution in [2.24, 2.45) is 0 Å². The normalized spacial score (nSPS) is 17.5. The van der Waals surface area contributed by atoms with E-state index in [4.69, 9.17) is 9.15 Å². The Morgan fingerprint density at radius 2 is 2.09 bits per heavy atom. The molecule has 1 aliphatic rings. The minimum absolute atomic E-state index is 0.0798. The molecule has 170 valence electrons. The Morgan fingerprint density at radius 1 is 1.31 bits per heavy atom. The Bertz CT molecular complexity index is 1270. The van der Waals surface area contributed by atoms with Crippen molar-refractivity contribution in [2.45, 2.75) is 39.7 Å². The van der Waals surface area contributed by atoms with E-state index < -0.39 is 15.8 Å². The zero-order valence-corrected chi connectivity index (χ0v) is 19.7. The molecule has 1 unspecified atom stereocenters. The number of thiophene rings is 1. The molecule has 0 N–H and O–H groups in total. The van der Waals surface area contributed by atoms with Crippen LogP contribution < -0.4 is 0 Å². The molecule has 0 bridgehead atoms. The summed E-state index contributed by atoms with van der Waals surface area (Å²) in [5.41, 5.74) is 2.43. The summed E-state index contributed by atoms with van der Waals surface area (Å²) in [6.45, 7) is 4.98. The number of nitrogens with zero attached hydrogens (tertiary/aromatic N) is 2. The van der Waals surface area contributed by atoms with Crippen LogP contribution in [0, 0.1) is 20.8 Å². The Labute approximate surface area is 190 Å². The van der Waals surface area contributed by atoms with Crippen LogP contribution in [-0.2, 0) is 25.8 Å². The van der Waals surface area contributed by atoms with E-state index >= 15 is 0 Å². The van der Waals surface area contributed by atoms with Crippen LogP contribution in [0.15, 0.2) is 28.0 Å². The zero-order chi connectivity index (χ0) is 23.0. The van der Waals surface area contributed by atoms with Gasteiger partial charge >= 0.3 is 5.97 Å². The molecule has 1 fully saturated rings. The highest BCUT2D eigenvalue weighted by Gasteiger charge is 2.31. The predicted octanol–water partition coefficient (Wildman–Crippen LogP) is 3.46. The first-order valence-corrected chi connectivity index (χ1v) is 12.9. The van der Waals surface area contributed by atoms with Crippen LogP contribution in [0.2, 0.25) is 0 Å². The molecule has 8 nitrogen and oxygen atoms in total. The molecular formula is C22H24N2O6S2. The Hall–Kier alpha value is -2.72. The summed E-state index contributed by atoms with van der Waals surface area (Å²) in [6.07, 6.45) is 0.443. The van der Waals surface area contributed by atoms with Crippen molar-refractivity contribution in [2.75, 3.05) is 18.1 Å². The molecule has 0 aliphatic carbocycles. The van der Waals surface area contributed by atoms with Gasteiger partial charge in [0.15, 0.2) is 16.4 Å². The van der Waals surface area contributed by atoms with Crippen molar-refractivity contribution in [3.8, 4) is 10.8 Å². The lowest BCUT2D eigenvalue weighted by molar-refractivity contribution is -0.141. The van der Waals surface area contributed by atoms with E-state index in [-0.39, 0.29) is 36.4 Å². The molecule has 3 aromatic rings. The highest BCUT2D eigenvalue weighted by Crippen LogP contribution is 2.29. The molecule has 0 radical (unpaired) electrons. The molecule has 0 aromatic carbocycles. The maximum Gasteiger partial charge on any atom is 0.312 e. The highest BCUT2D eigenvalue weighted by atomic mass is 32.2. The number of Topliss-reactive ketones (excluding diaryl/α,β-unsaturated/α-hetero) is 1. The molecule has 0 saturated carbocycles. The van der Waals surface area contributed by atoms with Gasteiger partial charge in [-0.15, -0.1) is 11.3 Å². The van der Waals surface area contributed by atoms with Gasteiger partial charge in [0.2, 0.25) is 11.7 Å². The number of hydrogen-bond donors (Lipinski definition) is 0. The topological polar surface area (TPSA) is 108 Å². The molecule has 1 aliphatic heterocycles. The molecule has 1 atom stereocenters. The minimum atomic E-state index is -3.04. The van der Waals surface area contributed by atoms with Gasteiger partial charge in [-0.3, -0.25) is 9.59 Å². The largest absolute Gasteiger partial charge is 0.457 e. The fourth-order valence-electron chi connectivity index (χ4n) is 4.11. The third kappa shape index (κ3) is 4.56. The molecule has 0 amide bonds. The second kappa shape index (κ2) is 8.67. The summed E-state index contributed by atoms with van der Waals surface area (Å²) >= 11 is 1.49. The van der Waals surface area contributed by atoms with E-state index in [0.717, 1.165) is 10.6 Å². The smallest absolute Gasteiger partial charge is 0.312 e. The molecule has 32 heavy (non-hydrogen) atoms. The van der Waals surface area contributed by atoms with Crippen molar-refractivity contribution < 1.29 is 27.2 Å². The van der Waals surface area contributed by atoms with E-state index in [1.165, 1.54) is 11.3 Å². The second-order valence-electron chi connectivity index (χ2n) is 7.97. The van der Waals surface area contributed by atoms with Gasteiger partial charge in [0.05, 0.1) is 28.5 Å². The quantitative estimate of drug-likeness (QED) is 0.379. The number of hydrogen-bond acceptors (Lipinski definition) is 8. The van der Waals surface area contributed by atoms with Crippen LogP contribution >= 0.6 is 11.3 Å². The summed E-state index contributed by atoms with van der Waals surface area (Å²) in [6, 6.07) is 5.33. The van der Waals surface area contributed by atoms with Gasteiger partial charge in [-0.2, -0.15) is 0 Å². The van der Waals surface area contributed by atoms with E-state index in [1.807, 2.05) is 29.0 Å². The Kier molecular flexibility index (Phi) is 6.09. The van der Waals surface area contributed by atoms with E-state index in [1.54, 1.807) is 19.9 Å². The van der Waals surface area contributed by atoms with Crippen LogP contribution in [-0.4, -0.2) is 47.8 Å². The van der Waals surface area contributed by atoms with E-state index in [2.05, 4.69) is 4.98 Å². The number of oxazole rings is 1. The molecule has 4 rings (SSSR count). The van der Waals surface area contributed by atoms with Crippen molar-refractivity contribution >= 4 is 32.9 Å². The van der Waals surface area contributed by atoms with Crippen molar-refractivity contribution in [3.63, 3.8) is 0 Å². The van der Waals surface area contributed by atoms with Crippen LogP contribution in [0.5, 0.6) is 0 Å². The summed E-state index contributed by atoms with van der Waals surface area (Å²) < 4.78 is 36.4. The average Bonchev–Trinajstić information content (AvgIpc) is 3.49. The van der Waals surface area contributed by atoms with Crippen molar-refractivity contribution in [1.29, 1.82) is 0 Å². The first kappa shape index (κ1) is 22.5. The van der Waals surface area contributed by atoms with Gasteiger partial charge in [0.25, 0.3) is 0 Å². The average molecular weight is 477 g/mol. The zero-order valence-electron chi connectivity index (χ0n) is 18.1. The molecule has 10 heteroatoms. The van der Waals surface area contributed by atoms with Gasteiger partial charge in [-0.1, -0.05) is 6.07 Å². The highest BCUT2D eigenvalue weighted by molar-refractivity contribution is 7.91. The Balaban J connectivity index is 1.39. The maximum atomic E-state index is 12.7. The van der Waals surface area contributed by atoms with Crippen molar-refractivity contribution in [1.82, 2.24) is 9.55 Å². The van der Waals surface area contributed by atoms with Gasteiger partial charge in [-0.25, -0.2) is 13.4 Å². The molecule has 4 heterocycles. The standard InChI is InChI=1S/C22H24N2O6S2/c1-13-9-17(14(2)24(13)16-6-8-32(27,28)12-16)19(25)11-29-21(26)10-18-15(3)30-22(23-18)20-5-4-7-31-20/h4-5,7,9,16H,6,8,10-12H2,1-3H3. The maximum absolute atomic E-state index is 12.7. The van der Waals surface area contributed by atoms with Gasteiger partial charge in [-0.05, 0) is 44.7 Å². The molecular weight excluding hydrogens is 452 g/mol. The number of carbonyl (C=O) groups excluding carboxylic acids is 2. The lowest BCUT2D eigenvalue weighted by Crippen LogP contribution is -2.18. The summed E-state index contributed by atoms with van der Waals surface area (Å²) in [4.78, 5) is 30.3. The first-order valence-electron chi connectivity index (χ1n) is 10.2. The number of aromatic nitrogens is 2.